The summed E-state index contributed by atoms with van der Waals surface area (Å²) in [5, 5.41) is 2.68. The minimum absolute atomic E-state index is 0.205. The Bertz CT molecular complexity index is 614. The summed E-state index contributed by atoms with van der Waals surface area (Å²) in [5.74, 6) is -0.205. The first-order valence-electron chi connectivity index (χ1n) is 5.67. The van der Waals surface area contributed by atoms with E-state index in [1.165, 1.54) is 6.20 Å². The maximum absolute atomic E-state index is 12.9. The summed E-state index contributed by atoms with van der Waals surface area (Å²) in [4.78, 5) is 3.77. The van der Waals surface area contributed by atoms with Gasteiger partial charge in [0.25, 0.3) is 0 Å². The molecule has 0 radical (unpaired) electrons. The van der Waals surface area contributed by atoms with Gasteiger partial charge < -0.3 is 11.1 Å². The Balaban J connectivity index is 2.21. The molecule has 1 heterocycles. The van der Waals surface area contributed by atoms with Crippen molar-refractivity contribution < 1.29 is 13.2 Å². The van der Waals surface area contributed by atoms with E-state index in [9.17, 15) is 13.2 Å². The van der Waals surface area contributed by atoms with Gasteiger partial charge in [0.05, 0.1) is 5.56 Å². The molecule has 20 heavy (non-hydrogen) atoms. The smallest absolute Gasteiger partial charge is 0.399 e. The molecule has 0 fully saturated rings. The number of aromatic nitrogens is 1. The second-order valence-electron chi connectivity index (χ2n) is 4.15. The minimum atomic E-state index is -4.46. The second kappa shape index (κ2) is 5.70. The van der Waals surface area contributed by atoms with Crippen LogP contribution >= 0.6 is 15.9 Å². The number of rotatable bonds is 3. The molecule has 0 aliphatic rings. The molecule has 0 aliphatic carbocycles. The van der Waals surface area contributed by atoms with Crippen LogP contribution in [0.1, 0.15) is 11.1 Å². The number of nitrogens with one attached hydrogen (secondary N) is 1. The molecule has 2 aromatic rings. The van der Waals surface area contributed by atoms with Crippen molar-refractivity contribution >= 4 is 27.4 Å². The first-order valence-corrected chi connectivity index (χ1v) is 6.46. The number of hydrogen-bond acceptors (Lipinski definition) is 3. The van der Waals surface area contributed by atoms with E-state index < -0.39 is 11.7 Å². The van der Waals surface area contributed by atoms with Gasteiger partial charge in [0.15, 0.2) is 0 Å². The lowest BCUT2D eigenvalue weighted by atomic mass is 10.2. The molecule has 7 heteroatoms. The van der Waals surface area contributed by atoms with Crippen molar-refractivity contribution in [1.29, 1.82) is 0 Å². The van der Waals surface area contributed by atoms with Crippen LogP contribution in [0, 0.1) is 0 Å². The Morgan fingerprint density at radius 2 is 2.00 bits per heavy atom. The van der Waals surface area contributed by atoms with Crippen molar-refractivity contribution in [3.05, 3.63) is 52.1 Å². The van der Waals surface area contributed by atoms with Gasteiger partial charge in [-0.3, -0.25) is 0 Å². The number of nitrogens with two attached hydrogens (primary N) is 1. The first-order chi connectivity index (χ1) is 9.36. The number of benzene rings is 1. The van der Waals surface area contributed by atoms with Crippen LogP contribution in [-0.4, -0.2) is 4.98 Å². The number of alkyl halides is 3. The van der Waals surface area contributed by atoms with Crippen molar-refractivity contribution in [1.82, 2.24) is 4.98 Å². The van der Waals surface area contributed by atoms with E-state index in [0.717, 1.165) is 11.6 Å². The number of hydrogen-bond donors (Lipinski definition) is 2. The van der Waals surface area contributed by atoms with Crippen LogP contribution in [-0.2, 0) is 12.7 Å². The van der Waals surface area contributed by atoms with Crippen LogP contribution in [0.15, 0.2) is 41.0 Å². The van der Waals surface area contributed by atoms with Crippen molar-refractivity contribution in [2.75, 3.05) is 11.1 Å². The Morgan fingerprint density at radius 1 is 1.25 bits per heavy atom. The standard InChI is InChI=1S/C13H11BrF3N3/c14-9-5-11(13(15,16)17)12(20-7-9)19-6-8-2-1-3-10(18)4-8/h1-5,7H,6,18H2,(H,19,20). The molecular weight excluding hydrogens is 335 g/mol. The van der Waals surface area contributed by atoms with Gasteiger partial charge in [-0.2, -0.15) is 13.2 Å². The topological polar surface area (TPSA) is 50.9 Å². The van der Waals surface area contributed by atoms with E-state index in [1.54, 1.807) is 24.3 Å². The van der Waals surface area contributed by atoms with Crippen molar-refractivity contribution in [2.24, 2.45) is 0 Å². The molecule has 106 valence electrons. The number of nitrogen functional groups attached to an aromatic ring is 1. The fourth-order valence-corrected chi connectivity index (χ4v) is 2.02. The van der Waals surface area contributed by atoms with Gasteiger partial charge in [0.2, 0.25) is 0 Å². The van der Waals surface area contributed by atoms with Gasteiger partial charge in [-0.05, 0) is 39.7 Å². The predicted octanol–water partition coefficient (Wildman–Crippen LogP) is 4.06. The summed E-state index contributed by atoms with van der Waals surface area (Å²) < 4.78 is 39.0. The zero-order chi connectivity index (χ0) is 14.8. The normalized spacial score (nSPS) is 11.4. The van der Waals surface area contributed by atoms with Crippen LogP contribution in [0.4, 0.5) is 24.7 Å². The second-order valence-corrected chi connectivity index (χ2v) is 5.06. The average molecular weight is 346 g/mol. The molecule has 1 aromatic carbocycles. The minimum Gasteiger partial charge on any atom is -0.399 e. The Hall–Kier alpha value is -1.76. The summed E-state index contributed by atoms with van der Waals surface area (Å²) in [5.41, 5.74) is 6.15. The zero-order valence-electron chi connectivity index (χ0n) is 10.2. The van der Waals surface area contributed by atoms with E-state index in [-0.39, 0.29) is 16.8 Å². The Labute approximate surface area is 122 Å². The molecular formula is C13H11BrF3N3. The number of nitrogens with zero attached hydrogens (tertiary/aromatic N) is 1. The number of halogens is 4. The maximum Gasteiger partial charge on any atom is 0.419 e. The van der Waals surface area contributed by atoms with Gasteiger partial charge in [-0.25, -0.2) is 4.98 Å². The third-order valence-electron chi connectivity index (χ3n) is 2.57. The monoisotopic (exact) mass is 345 g/mol. The fraction of sp³-hybridized carbons (Fsp3) is 0.154. The summed E-state index contributed by atoms with van der Waals surface area (Å²) >= 11 is 2.99. The molecule has 3 N–H and O–H groups in total. The van der Waals surface area contributed by atoms with E-state index in [2.05, 4.69) is 26.2 Å². The highest BCUT2D eigenvalue weighted by Crippen LogP contribution is 2.35. The molecule has 0 amide bonds. The van der Waals surface area contributed by atoms with E-state index >= 15 is 0 Å². The molecule has 0 saturated heterocycles. The van der Waals surface area contributed by atoms with E-state index in [1.807, 2.05) is 0 Å². The van der Waals surface area contributed by atoms with Crippen molar-refractivity contribution in [3.63, 3.8) is 0 Å². The molecule has 0 spiro atoms. The number of pyridine rings is 1. The van der Waals surface area contributed by atoms with E-state index in [0.29, 0.717) is 5.69 Å². The Kier molecular flexibility index (Phi) is 4.17. The lowest BCUT2D eigenvalue weighted by molar-refractivity contribution is -0.137. The maximum atomic E-state index is 12.9. The van der Waals surface area contributed by atoms with Crippen LogP contribution in [0.25, 0.3) is 0 Å². The van der Waals surface area contributed by atoms with E-state index in [4.69, 9.17) is 5.73 Å². The van der Waals surface area contributed by atoms with Crippen LogP contribution in [0.5, 0.6) is 0 Å². The molecule has 0 bridgehead atoms. The van der Waals surface area contributed by atoms with Gasteiger partial charge in [0.1, 0.15) is 5.82 Å². The predicted molar refractivity (Wildman–Crippen MR) is 75.1 cm³/mol. The molecule has 0 atom stereocenters. The van der Waals surface area contributed by atoms with Gasteiger partial charge in [0, 0.05) is 22.9 Å². The highest BCUT2D eigenvalue weighted by Gasteiger charge is 2.34. The van der Waals surface area contributed by atoms with Gasteiger partial charge in [-0.1, -0.05) is 12.1 Å². The largest absolute Gasteiger partial charge is 0.419 e. The highest BCUT2D eigenvalue weighted by molar-refractivity contribution is 9.10. The van der Waals surface area contributed by atoms with Crippen molar-refractivity contribution in [3.8, 4) is 0 Å². The third kappa shape index (κ3) is 3.63. The lowest BCUT2D eigenvalue weighted by Crippen LogP contribution is -2.12. The van der Waals surface area contributed by atoms with Gasteiger partial charge >= 0.3 is 6.18 Å². The quantitative estimate of drug-likeness (QED) is 0.825. The third-order valence-corrected chi connectivity index (χ3v) is 3.00. The molecule has 0 saturated carbocycles. The molecule has 0 aliphatic heterocycles. The molecule has 2 rings (SSSR count). The molecule has 0 unspecified atom stereocenters. The first kappa shape index (κ1) is 14.6. The summed E-state index contributed by atoms with van der Waals surface area (Å²) in [6, 6.07) is 7.91. The van der Waals surface area contributed by atoms with Gasteiger partial charge in [-0.15, -0.1) is 0 Å². The summed E-state index contributed by atoms with van der Waals surface area (Å²) in [7, 11) is 0. The summed E-state index contributed by atoms with van der Waals surface area (Å²) in [6.45, 7) is 0.211. The Morgan fingerprint density at radius 3 is 2.65 bits per heavy atom. The van der Waals surface area contributed by atoms with Crippen LogP contribution in [0.2, 0.25) is 0 Å². The molecule has 3 nitrogen and oxygen atoms in total. The zero-order valence-corrected chi connectivity index (χ0v) is 11.8. The lowest BCUT2D eigenvalue weighted by Gasteiger charge is -2.14. The summed E-state index contributed by atoms with van der Waals surface area (Å²) in [6.07, 6.45) is -3.15. The average Bonchev–Trinajstić information content (AvgIpc) is 2.36. The highest BCUT2D eigenvalue weighted by atomic mass is 79.9. The number of anilines is 2. The van der Waals surface area contributed by atoms with Crippen LogP contribution in [0.3, 0.4) is 0 Å². The molecule has 1 aromatic heterocycles. The van der Waals surface area contributed by atoms with Crippen LogP contribution < -0.4 is 11.1 Å². The fourth-order valence-electron chi connectivity index (χ4n) is 1.69. The SMILES string of the molecule is Nc1cccc(CNc2ncc(Br)cc2C(F)(F)F)c1. The van der Waals surface area contributed by atoms with Crippen molar-refractivity contribution in [2.45, 2.75) is 12.7 Å².